The molecule has 1 fully saturated rings. The van der Waals surface area contributed by atoms with Gasteiger partial charge in [-0.3, -0.25) is 0 Å². The zero-order valence-corrected chi connectivity index (χ0v) is 13.5. The fourth-order valence-corrected chi connectivity index (χ4v) is 2.81. The zero-order valence-electron chi connectivity index (χ0n) is 13.5. The Morgan fingerprint density at radius 2 is 2.10 bits per heavy atom. The van der Waals surface area contributed by atoms with Gasteiger partial charge < -0.3 is 10.2 Å². The number of hydrogen-bond donors (Lipinski definition) is 1. The molecule has 1 unspecified atom stereocenters. The molecule has 1 N–H and O–H groups in total. The highest BCUT2D eigenvalue weighted by Crippen LogP contribution is 2.29. The van der Waals surface area contributed by atoms with Gasteiger partial charge in [-0.2, -0.15) is 0 Å². The average Bonchev–Trinajstić information content (AvgIpc) is 2.41. The molecule has 2 heterocycles. The van der Waals surface area contributed by atoms with Crippen LogP contribution in [0.4, 0.5) is 11.6 Å². The average molecular weight is 276 g/mol. The van der Waals surface area contributed by atoms with Gasteiger partial charge in [0, 0.05) is 31.1 Å². The van der Waals surface area contributed by atoms with E-state index in [4.69, 9.17) is 4.98 Å². The van der Waals surface area contributed by atoms with E-state index in [1.165, 1.54) is 18.4 Å². The second kappa shape index (κ2) is 6.42. The van der Waals surface area contributed by atoms with Crippen molar-refractivity contribution >= 4 is 11.6 Å². The Hall–Kier alpha value is -1.32. The van der Waals surface area contributed by atoms with Gasteiger partial charge in [0.2, 0.25) is 0 Å². The second-order valence-corrected chi connectivity index (χ2v) is 6.26. The fraction of sp³-hybridized carbons (Fsp3) is 0.750. The Morgan fingerprint density at radius 1 is 1.35 bits per heavy atom. The van der Waals surface area contributed by atoms with E-state index in [0.29, 0.717) is 5.92 Å². The van der Waals surface area contributed by atoms with Crippen molar-refractivity contribution in [2.24, 2.45) is 5.92 Å². The van der Waals surface area contributed by atoms with E-state index in [2.05, 4.69) is 49.8 Å². The molecule has 1 atom stereocenters. The van der Waals surface area contributed by atoms with Crippen LogP contribution in [0.5, 0.6) is 0 Å². The summed E-state index contributed by atoms with van der Waals surface area (Å²) in [5.41, 5.74) is 1.19. The van der Waals surface area contributed by atoms with Crippen molar-refractivity contribution < 1.29 is 0 Å². The molecule has 1 aliphatic rings. The first kappa shape index (κ1) is 15.1. The van der Waals surface area contributed by atoms with E-state index in [1.807, 2.05) is 0 Å². The lowest BCUT2D eigenvalue weighted by atomic mass is 10.00. The van der Waals surface area contributed by atoms with E-state index in [0.717, 1.165) is 43.0 Å². The third-order valence-corrected chi connectivity index (χ3v) is 3.95. The minimum Gasteiger partial charge on any atom is -0.370 e. The summed E-state index contributed by atoms with van der Waals surface area (Å²) in [7, 11) is 0. The van der Waals surface area contributed by atoms with Gasteiger partial charge >= 0.3 is 0 Å². The first-order chi connectivity index (χ1) is 9.52. The van der Waals surface area contributed by atoms with E-state index in [9.17, 15) is 0 Å². The number of nitrogens with one attached hydrogen (secondary N) is 1. The van der Waals surface area contributed by atoms with Crippen LogP contribution >= 0.6 is 0 Å². The highest BCUT2D eigenvalue weighted by molar-refractivity contribution is 5.59. The zero-order chi connectivity index (χ0) is 14.7. The van der Waals surface area contributed by atoms with Gasteiger partial charge in [-0.25, -0.2) is 9.97 Å². The SMILES string of the molecule is CCNc1nc(C(C)C)nc(N2CCCC(C)C2)c1C. The van der Waals surface area contributed by atoms with Gasteiger partial charge in [0.15, 0.2) is 0 Å². The predicted molar refractivity (Wildman–Crippen MR) is 85.6 cm³/mol. The second-order valence-electron chi connectivity index (χ2n) is 6.26. The third kappa shape index (κ3) is 3.22. The number of hydrogen-bond acceptors (Lipinski definition) is 4. The van der Waals surface area contributed by atoms with E-state index in [-0.39, 0.29) is 0 Å². The number of aromatic nitrogens is 2. The Bertz CT molecular complexity index is 456. The molecule has 0 amide bonds. The van der Waals surface area contributed by atoms with E-state index >= 15 is 0 Å². The molecule has 2 rings (SSSR count). The fourth-order valence-electron chi connectivity index (χ4n) is 2.81. The summed E-state index contributed by atoms with van der Waals surface area (Å²) in [5.74, 6) is 4.18. The summed E-state index contributed by atoms with van der Waals surface area (Å²) in [5, 5.41) is 3.38. The van der Waals surface area contributed by atoms with Crippen LogP contribution in [0.1, 0.15) is 57.8 Å². The van der Waals surface area contributed by atoms with Crippen LogP contribution in [0.15, 0.2) is 0 Å². The Balaban J connectivity index is 2.39. The largest absolute Gasteiger partial charge is 0.370 e. The molecule has 0 aliphatic carbocycles. The Labute approximate surface area is 123 Å². The van der Waals surface area contributed by atoms with Crippen molar-refractivity contribution in [2.45, 2.75) is 53.4 Å². The summed E-state index contributed by atoms with van der Waals surface area (Å²) in [6, 6.07) is 0. The molecule has 0 spiro atoms. The van der Waals surface area contributed by atoms with Gasteiger partial charge in [0.1, 0.15) is 17.5 Å². The van der Waals surface area contributed by atoms with Crippen LogP contribution in [0, 0.1) is 12.8 Å². The minimum atomic E-state index is 0.356. The van der Waals surface area contributed by atoms with Crippen LogP contribution in [-0.2, 0) is 0 Å². The number of anilines is 2. The molecular formula is C16H28N4. The molecular weight excluding hydrogens is 248 g/mol. The lowest BCUT2D eigenvalue weighted by molar-refractivity contribution is 0.443. The van der Waals surface area contributed by atoms with E-state index in [1.54, 1.807) is 0 Å². The minimum absolute atomic E-state index is 0.356. The van der Waals surface area contributed by atoms with Crippen molar-refractivity contribution in [1.29, 1.82) is 0 Å². The molecule has 1 aliphatic heterocycles. The van der Waals surface area contributed by atoms with Gasteiger partial charge in [-0.05, 0) is 32.6 Å². The van der Waals surface area contributed by atoms with Crippen LogP contribution in [0.3, 0.4) is 0 Å². The summed E-state index contributed by atoms with van der Waals surface area (Å²) in [6.07, 6.45) is 2.59. The van der Waals surface area contributed by atoms with Crippen LogP contribution in [0.2, 0.25) is 0 Å². The van der Waals surface area contributed by atoms with Gasteiger partial charge in [0.25, 0.3) is 0 Å². The van der Waals surface area contributed by atoms with Crippen molar-refractivity contribution in [3.05, 3.63) is 11.4 Å². The highest BCUT2D eigenvalue weighted by Gasteiger charge is 2.22. The number of piperidine rings is 1. The maximum absolute atomic E-state index is 4.85. The lowest BCUT2D eigenvalue weighted by Crippen LogP contribution is -2.35. The lowest BCUT2D eigenvalue weighted by Gasteiger charge is -2.33. The monoisotopic (exact) mass is 276 g/mol. The first-order valence-electron chi connectivity index (χ1n) is 7.90. The molecule has 4 nitrogen and oxygen atoms in total. The topological polar surface area (TPSA) is 41.1 Å². The van der Waals surface area contributed by atoms with Crippen molar-refractivity contribution in [3.8, 4) is 0 Å². The van der Waals surface area contributed by atoms with Crippen molar-refractivity contribution in [2.75, 3.05) is 29.9 Å². The molecule has 4 heteroatoms. The maximum atomic E-state index is 4.85. The summed E-state index contributed by atoms with van der Waals surface area (Å²) in [6.45, 7) is 14.0. The Morgan fingerprint density at radius 3 is 2.70 bits per heavy atom. The molecule has 0 saturated carbocycles. The van der Waals surface area contributed by atoms with Crippen molar-refractivity contribution in [1.82, 2.24) is 9.97 Å². The van der Waals surface area contributed by atoms with Crippen LogP contribution in [0.25, 0.3) is 0 Å². The highest BCUT2D eigenvalue weighted by atomic mass is 15.2. The summed E-state index contributed by atoms with van der Waals surface area (Å²) >= 11 is 0. The van der Waals surface area contributed by atoms with Gasteiger partial charge in [0.05, 0.1) is 0 Å². The number of nitrogens with zero attached hydrogens (tertiary/aromatic N) is 3. The standard InChI is InChI=1S/C16H28N4/c1-6-17-15-13(5)16(19-14(18-15)11(2)3)20-9-7-8-12(4)10-20/h11-12H,6-10H2,1-5H3,(H,17,18,19). The molecule has 1 aromatic rings. The van der Waals surface area contributed by atoms with Gasteiger partial charge in [-0.15, -0.1) is 0 Å². The third-order valence-electron chi connectivity index (χ3n) is 3.95. The van der Waals surface area contributed by atoms with Crippen molar-refractivity contribution in [3.63, 3.8) is 0 Å². The molecule has 0 aromatic carbocycles. The summed E-state index contributed by atoms with van der Waals surface area (Å²) in [4.78, 5) is 12.0. The Kier molecular flexibility index (Phi) is 4.84. The molecule has 0 radical (unpaired) electrons. The molecule has 1 aromatic heterocycles. The molecule has 0 bridgehead atoms. The molecule has 20 heavy (non-hydrogen) atoms. The smallest absolute Gasteiger partial charge is 0.137 e. The maximum Gasteiger partial charge on any atom is 0.137 e. The van der Waals surface area contributed by atoms with Gasteiger partial charge in [-0.1, -0.05) is 20.8 Å². The first-order valence-corrected chi connectivity index (χ1v) is 7.90. The summed E-state index contributed by atoms with van der Waals surface area (Å²) < 4.78 is 0. The molecule has 1 saturated heterocycles. The molecule has 112 valence electrons. The quantitative estimate of drug-likeness (QED) is 0.912. The van der Waals surface area contributed by atoms with Crippen LogP contribution in [-0.4, -0.2) is 29.6 Å². The normalized spacial score (nSPS) is 19.5. The van der Waals surface area contributed by atoms with Crippen LogP contribution < -0.4 is 10.2 Å². The van der Waals surface area contributed by atoms with E-state index < -0.39 is 0 Å². The predicted octanol–water partition coefficient (Wildman–Crippen LogP) is 3.58. The number of rotatable bonds is 4.